The third kappa shape index (κ3) is 4.06. The Morgan fingerprint density at radius 1 is 0.966 bits per heavy atom. The highest BCUT2D eigenvalue weighted by Crippen LogP contribution is 2.30. The van der Waals surface area contributed by atoms with Crippen molar-refractivity contribution in [2.75, 3.05) is 5.43 Å². The first-order valence-electron chi connectivity index (χ1n) is 8.95. The molecule has 0 amide bonds. The lowest BCUT2D eigenvalue weighted by atomic mass is 9.97. The van der Waals surface area contributed by atoms with Gasteiger partial charge in [0.25, 0.3) is 0 Å². The van der Waals surface area contributed by atoms with Gasteiger partial charge in [0.2, 0.25) is 0 Å². The number of rotatable bonds is 5. The van der Waals surface area contributed by atoms with Gasteiger partial charge < -0.3 is 4.42 Å². The van der Waals surface area contributed by atoms with Crippen LogP contribution in [0.25, 0.3) is 22.5 Å². The quantitative estimate of drug-likeness (QED) is 0.334. The molecule has 4 nitrogen and oxygen atoms in total. The molecular weight excluding hydrogens is 372 g/mol. The summed E-state index contributed by atoms with van der Waals surface area (Å²) in [7, 11) is 0. The Hall–Kier alpha value is -3.80. The summed E-state index contributed by atoms with van der Waals surface area (Å²) in [6.45, 7) is 2.04. The summed E-state index contributed by atoms with van der Waals surface area (Å²) in [5.41, 5.74) is 7.47. The molecule has 1 N–H and O–H groups in total. The average Bonchev–Trinajstić information content (AvgIpc) is 3.26. The van der Waals surface area contributed by atoms with Crippen molar-refractivity contribution in [1.82, 2.24) is 4.98 Å². The zero-order chi connectivity index (χ0) is 20.2. The van der Waals surface area contributed by atoms with Gasteiger partial charge in [-0.2, -0.15) is 5.10 Å². The third-order valence-electron chi connectivity index (χ3n) is 4.54. The van der Waals surface area contributed by atoms with Crippen LogP contribution in [-0.4, -0.2) is 11.2 Å². The SMILES string of the molecule is Cc1ccc(-c2cnco2)cc1-c1ccc(NN=Cc2c(F)cccc2F)cc1. The standard InChI is InChI=1S/C23H17F2N3O/c1-15-5-6-17(23-13-26-14-29-23)11-19(15)16-7-9-18(10-8-16)28-27-12-20-21(24)3-2-4-22(20)25/h2-14,28H,1H3. The zero-order valence-electron chi connectivity index (χ0n) is 15.6. The van der Waals surface area contributed by atoms with Crippen LogP contribution in [0, 0.1) is 18.6 Å². The molecule has 1 heterocycles. The smallest absolute Gasteiger partial charge is 0.181 e. The number of nitrogens with zero attached hydrogens (tertiary/aromatic N) is 2. The van der Waals surface area contributed by atoms with Gasteiger partial charge in [0.05, 0.1) is 23.7 Å². The van der Waals surface area contributed by atoms with Crippen LogP contribution in [0.3, 0.4) is 0 Å². The van der Waals surface area contributed by atoms with E-state index in [1.807, 2.05) is 43.3 Å². The van der Waals surface area contributed by atoms with E-state index in [1.165, 1.54) is 24.6 Å². The number of aromatic nitrogens is 1. The van der Waals surface area contributed by atoms with Crippen LogP contribution in [0.5, 0.6) is 0 Å². The molecule has 29 heavy (non-hydrogen) atoms. The van der Waals surface area contributed by atoms with E-state index in [0.717, 1.165) is 28.5 Å². The molecule has 4 rings (SSSR count). The van der Waals surface area contributed by atoms with Crippen LogP contribution in [0.15, 0.2) is 82.8 Å². The second-order valence-electron chi connectivity index (χ2n) is 6.48. The Morgan fingerprint density at radius 3 is 2.38 bits per heavy atom. The predicted octanol–water partition coefficient (Wildman–Crippen LogP) is 6.04. The van der Waals surface area contributed by atoms with Crippen LogP contribution in [0.4, 0.5) is 14.5 Å². The number of oxazole rings is 1. The monoisotopic (exact) mass is 389 g/mol. The van der Waals surface area contributed by atoms with Gasteiger partial charge in [0.15, 0.2) is 12.2 Å². The third-order valence-corrected chi connectivity index (χ3v) is 4.54. The van der Waals surface area contributed by atoms with E-state index in [2.05, 4.69) is 21.6 Å². The predicted molar refractivity (Wildman–Crippen MR) is 110 cm³/mol. The van der Waals surface area contributed by atoms with Crippen molar-refractivity contribution in [2.24, 2.45) is 5.10 Å². The minimum Gasteiger partial charge on any atom is -0.444 e. The second-order valence-corrected chi connectivity index (χ2v) is 6.48. The van der Waals surface area contributed by atoms with Crippen molar-refractivity contribution in [3.63, 3.8) is 0 Å². The maximum Gasteiger partial charge on any atom is 0.181 e. The summed E-state index contributed by atoms with van der Waals surface area (Å²) in [5, 5.41) is 3.93. The second kappa shape index (κ2) is 8.06. The van der Waals surface area contributed by atoms with Crippen molar-refractivity contribution < 1.29 is 13.2 Å². The largest absolute Gasteiger partial charge is 0.444 e. The Balaban J connectivity index is 1.53. The maximum absolute atomic E-state index is 13.6. The molecule has 0 atom stereocenters. The minimum atomic E-state index is -0.659. The molecule has 6 heteroatoms. The van der Waals surface area contributed by atoms with Gasteiger partial charge in [-0.05, 0) is 53.9 Å². The van der Waals surface area contributed by atoms with Crippen LogP contribution in [0.1, 0.15) is 11.1 Å². The Labute approximate surface area is 166 Å². The van der Waals surface area contributed by atoms with Gasteiger partial charge in [-0.15, -0.1) is 0 Å². The minimum absolute atomic E-state index is 0.184. The van der Waals surface area contributed by atoms with Crippen LogP contribution < -0.4 is 5.43 Å². The maximum atomic E-state index is 13.6. The summed E-state index contributed by atoms with van der Waals surface area (Å²) in [6, 6.07) is 17.4. The van der Waals surface area contributed by atoms with Crippen LogP contribution in [0.2, 0.25) is 0 Å². The fourth-order valence-electron chi connectivity index (χ4n) is 2.97. The molecule has 0 saturated heterocycles. The zero-order valence-corrected chi connectivity index (χ0v) is 15.6. The fourth-order valence-corrected chi connectivity index (χ4v) is 2.97. The molecule has 1 aromatic heterocycles. The molecule has 0 spiro atoms. The molecule has 0 aliphatic carbocycles. The first-order chi connectivity index (χ1) is 14.1. The fraction of sp³-hybridized carbons (Fsp3) is 0.0435. The van der Waals surface area contributed by atoms with Gasteiger partial charge in [-0.1, -0.05) is 30.3 Å². The van der Waals surface area contributed by atoms with Crippen molar-refractivity contribution in [2.45, 2.75) is 6.92 Å². The van der Waals surface area contributed by atoms with Crippen LogP contribution in [-0.2, 0) is 0 Å². The normalized spacial score (nSPS) is 11.1. The van der Waals surface area contributed by atoms with E-state index in [0.29, 0.717) is 11.4 Å². The van der Waals surface area contributed by atoms with E-state index < -0.39 is 11.6 Å². The summed E-state index contributed by atoms with van der Waals surface area (Å²) < 4.78 is 32.6. The van der Waals surface area contributed by atoms with Crippen molar-refractivity contribution in [1.29, 1.82) is 0 Å². The molecule has 144 valence electrons. The highest BCUT2D eigenvalue weighted by Gasteiger charge is 2.08. The molecule has 0 fully saturated rings. The number of aryl methyl sites for hydroxylation is 1. The first kappa shape index (κ1) is 18.6. The number of hydrazone groups is 1. The molecule has 0 radical (unpaired) electrons. The summed E-state index contributed by atoms with van der Waals surface area (Å²) in [6.07, 6.45) is 4.21. The number of hydrogen-bond donors (Lipinski definition) is 1. The van der Waals surface area contributed by atoms with Gasteiger partial charge in [0, 0.05) is 5.56 Å². The van der Waals surface area contributed by atoms with Gasteiger partial charge in [-0.25, -0.2) is 13.8 Å². The van der Waals surface area contributed by atoms with Crippen molar-refractivity contribution >= 4 is 11.9 Å². The number of benzene rings is 3. The highest BCUT2D eigenvalue weighted by atomic mass is 19.1. The van der Waals surface area contributed by atoms with E-state index in [9.17, 15) is 8.78 Å². The summed E-state index contributed by atoms with van der Waals surface area (Å²) >= 11 is 0. The number of hydrogen-bond acceptors (Lipinski definition) is 4. The van der Waals surface area contributed by atoms with E-state index in [4.69, 9.17) is 4.42 Å². The van der Waals surface area contributed by atoms with E-state index in [-0.39, 0.29) is 5.56 Å². The molecule has 0 aliphatic heterocycles. The average molecular weight is 389 g/mol. The molecule has 4 aromatic rings. The molecule has 0 bridgehead atoms. The Bertz CT molecular complexity index is 1130. The van der Waals surface area contributed by atoms with Crippen molar-refractivity contribution in [3.05, 3.63) is 96.0 Å². The molecular formula is C23H17F2N3O. The van der Waals surface area contributed by atoms with Crippen LogP contribution >= 0.6 is 0 Å². The molecule has 0 saturated carbocycles. The Kier molecular flexibility index (Phi) is 5.16. The lowest BCUT2D eigenvalue weighted by molar-refractivity contribution is 0.572. The summed E-state index contributed by atoms with van der Waals surface area (Å²) in [5.74, 6) is -0.611. The number of nitrogens with one attached hydrogen (secondary N) is 1. The molecule has 0 aliphatic rings. The highest BCUT2D eigenvalue weighted by molar-refractivity contribution is 5.81. The Morgan fingerprint density at radius 2 is 1.69 bits per heavy atom. The molecule has 0 unspecified atom stereocenters. The van der Waals surface area contributed by atoms with Gasteiger partial charge in [0.1, 0.15) is 11.6 Å². The lowest BCUT2D eigenvalue weighted by Gasteiger charge is -2.09. The van der Waals surface area contributed by atoms with E-state index >= 15 is 0 Å². The number of anilines is 1. The van der Waals surface area contributed by atoms with Gasteiger partial charge >= 0.3 is 0 Å². The van der Waals surface area contributed by atoms with Crippen molar-refractivity contribution in [3.8, 4) is 22.5 Å². The molecule has 3 aromatic carbocycles. The summed E-state index contributed by atoms with van der Waals surface area (Å²) in [4.78, 5) is 3.96. The van der Waals surface area contributed by atoms with Gasteiger partial charge in [-0.3, -0.25) is 5.43 Å². The topological polar surface area (TPSA) is 50.4 Å². The first-order valence-corrected chi connectivity index (χ1v) is 8.95. The lowest BCUT2D eigenvalue weighted by Crippen LogP contribution is -1.96. The number of halogens is 2. The van der Waals surface area contributed by atoms with E-state index in [1.54, 1.807) is 6.20 Å².